The summed E-state index contributed by atoms with van der Waals surface area (Å²) in [4.78, 5) is 16.5. The number of nitrogens with one attached hydrogen (secondary N) is 1. The first-order chi connectivity index (χ1) is 13.6. The van der Waals surface area contributed by atoms with Gasteiger partial charge in [-0.2, -0.15) is 10.2 Å². The van der Waals surface area contributed by atoms with E-state index in [1.54, 1.807) is 28.5 Å². The Morgan fingerprint density at radius 3 is 3.00 bits per heavy atom. The molecule has 8 nitrogen and oxygen atoms in total. The summed E-state index contributed by atoms with van der Waals surface area (Å²) in [5.74, 6) is 5.47. The average Bonchev–Trinajstić information content (AvgIpc) is 3.31. The highest BCUT2D eigenvalue weighted by Crippen LogP contribution is 2.28. The van der Waals surface area contributed by atoms with Gasteiger partial charge in [0.15, 0.2) is 0 Å². The van der Waals surface area contributed by atoms with Crippen molar-refractivity contribution in [1.82, 2.24) is 29.7 Å². The molecule has 1 aliphatic carbocycles. The molecule has 1 aliphatic rings. The van der Waals surface area contributed by atoms with Gasteiger partial charge in [-0.25, -0.2) is 9.50 Å². The number of carbonyl (C=O) groups excluding carboxylic acids is 1. The van der Waals surface area contributed by atoms with E-state index in [1.807, 2.05) is 25.5 Å². The lowest BCUT2D eigenvalue weighted by atomic mass is 9.93. The Labute approximate surface area is 162 Å². The molecule has 3 aromatic heterocycles. The van der Waals surface area contributed by atoms with Gasteiger partial charge in [-0.05, 0) is 38.2 Å². The molecule has 0 unspecified atom stereocenters. The van der Waals surface area contributed by atoms with Crippen LogP contribution in [0, 0.1) is 11.8 Å². The first kappa shape index (κ1) is 18.0. The Kier molecular flexibility index (Phi) is 4.98. The number of rotatable bonds is 4. The first-order valence-corrected chi connectivity index (χ1v) is 9.35. The van der Waals surface area contributed by atoms with Gasteiger partial charge in [-0.3, -0.25) is 9.48 Å². The van der Waals surface area contributed by atoms with E-state index in [0.29, 0.717) is 5.88 Å². The molecule has 1 saturated carbocycles. The molecule has 0 spiro atoms. The summed E-state index contributed by atoms with van der Waals surface area (Å²) in [5, 5.41) is 11.5. The van der Waals surface area contributed by atoms with Gasteiger partial charge >= 0.3 is 0 Å². The maximum Gasteiger partial charge on any atom is 0.296 e. The Hall–Kier alpha value is -3.34. The summed E-state index contributed by atoms with van der Waals surface area (Å²) >= 11 is 0. The van der Waals surface area contributed by atoms with E-state index in [1.165, 1.54) is 0 Å². The molecule has 3 heterocycles. The van der Waals surface area contributed by atoms with Crippen LogP contribution in [0.15, 0.2) is 30.9 Å². The van der Waals surface area contributed by atoms with Crippen LogP contribution in [0.4, 0.5) is 0 Å². The largest absolute Gasteiger partial charge is 0.473 e. The predicted octanol–water partition coefficient (Wildman–Crippen LogP) is 1.96. The number of aryl methyl sites for hydroxylation is 1. The van der Waals surface area contributed by atoms with Gasteiger partial charge in [0.2, 0.25) is 5.88 Å². The zero-order chi connectivity index (χ0) is 19.5. The molecule has 0 aliphatic heterocycles. The Bertz CT molecular complexity index is 1060. The smallest absolute Gasteiger partial charge is 0.296 e. The molecule has 1 N–H and O–H groups in total. The van der Waals surface area contributed by atoms with E-state index in [2.05, 4.69) is 27.4 Å². The number of hydrogen-bond acceptors (Lipinski definition) is 5. The number of carbonyl (C=O) groups is 1. The third kappa shape index (κ3) is 3.83. The highest BCUT2D eigenvalue weighted by Gasteiger charge is 2.25. The topological polar surface area (TPSA) is 86.3 Å². The van der Waals surface area contributed by atoms with Crippen molar-refractivity contribution < 1.29 is 9.53 Å². The first-order valence-electron chi connectivity index (χ1n) is 9.35. The summed E-state index contributed by atoms with van der Waals surface area (Å²) in [6, 6.07) is 1.95. The summed E-state index contributed by atoms with van der Waals surface area (Å²) in [7, 11) is 1.87. The fourth-order valence-electron chi connectivity index (χ4n) is 3.55. The maximum absolute atomic E-state index is 11.8. The highest BCUT2D eigenvalue weighted by atomic mass is 16.5. The van der Waals surface area contributed by atoms with Crippen LogP contribution in [0.5, 0.6) is 5.88 Å². The normalized spacial score (nSPS) is 19.1. The molecule has 0 bridgehead atoms. The molecule has 3 aromatic rings. The number of amides is 1. The number of nitrogens with zero attached hydrogens (tertiary/aromatic N) is 5. The number of fused-ring (bicyclic) bond motifs is 1. The molecule has 4 rings (SSSR count). The van der Waals surface area contributed by atoms with Gasteiger partial charge in [0.1, 0.15) is 11.6 Å². The van der Waals surface area contributed by atoms with E-state index in [-0.39, 0.29) is 18.1 Å². The van der Waals surface area contributed by atoms with E-state index in [4.69, 9.17) is 9.72 Å². The van der Waals surface area contributed by atoms with Crippen LogP contribution < -0.4 is 10.1 Å². The second kappa shape index (κ2) is 7.72. The third-order valence-electron chi connectivity index (χ3n) is 4.83. The number of ether oxygens (including phenoxy) is 1. The van der Waals surface area contributed by atoms with Crippen LogP contribution in [0.25, 0.3) is 16.8 Å². The summed E-state index contributed by atoms with van der Waals surface area (Å²) in [6.07, 6.45) is 10.8. The third-order valence-corrected chi connectivity index (χ3v) is 4.83. The fourth-order valence-corrected chi connectivity index (χ4v) is 3.55. The van der Waals surface area contributed by atoms with Gasteiger partial charge in [0.25, 0.3) is 5.91 Å². The summed E-state index contributed by atoms with van der Waals surface area (Å²) in [5.41, 5.74) is 2.46. The lowest BCUT2D eigenvalue weighted by Crippen LogP contribution is -2.40. The van der Waals surface area contributed by atoms with Crippen LogP contribution >= 0.6 is 0 Å². The number of aromatic nitrogens is 5. The van der Waals surface area contributed by atoms with Crippen molar-refractivity contribution in [1.29, 1.82) is 0 Å². The molecule has 28 heavy (non-hydrogen) atoms. The molecule has 144 valence electrons. The van der Waals surface area contributed by atoms with Crippen LogP contribution in [0.3, 0.4) is 0 Å². The van der Waals surface area contributed by atoms with Crippen LogP contribution in [-0.2, 0) is 11.8 Å². The molecule has 1 fully saturated rings. The van der Waals surface area contributed by atoms with Gasteiger partial charge < -0.3 is 10.1 Å². The monoisotopic (exact) mass is 378 g/mol. The second-order valence-corrected chi connectivity index (χ2v) is 6.95. The minimum Gasteiger partial charge on any atom is -0.473 e. The fraction of sp³-hybridized carbons (Fsp3) is 0.400. The van der Waals surface area contributed by atoms with Crippen LogP contribution in [-0.4, -0.2) is 42.4 Å². The van der Waals surface area contributed by atoms with Crippen molar-refractivity contribution in [3.63, 3.8) is 0 Å². The van der Waals surface area contributed by atoms with Crippen molar-refractivity contribution in [3.8, 4) is 29.0 Å². The molecular formula is C20H22N6O2. The van der Waals surface area contributed by atoms with E-state index >= 15 is 0 Å². The zero-order valence-corrected chi connectivity index (χ0v) is 15.9. The van der Waals surface area contributed by atoms with E-state index in [9.17, 15) is 4.79 Å². The lowest BCUT2D eigenvalue weighted by Gasteiger charge is -2.29. The quantitative estimate of drug-likeness (QED) is 0.702. The lowest BCUT2D eigenvalue weighted by molar-refractivity contribution is -0.116. The Morgan fingerprint density at radius 2 is 2.21 bits per heavy atom. The molecule has 0 saturated heterocycles. The molecule has 0 radical (unpaired) electrons. The molecule has 0 aromatic carbocycles. The van der Waals surface area contributed by atoms with Crippen molar-refractivity contribution in [2.24, 2.45) is 7.05 Å². The molecule has 2 atom stereocenters. The maximum atomic E-state index is 11.8. The van der Waals surface area contributed by atoms with Crippen molar-refractivity contribution in [3.05, 3.63) is 30.9 Å². The number of hydrogen-bond donors (Lipinski definition) is 1. The van der Waals surface area contributed by atoms with E-state index < -0.39 is 0 Å². The summed E-state index contributed by atoms with van der Waals surface area (Å²) < 4.78 is 9.78. The average molecular weight is 378 g/mol. The summed E-state index contributed by atoms with van der Waals surface area (Å²) in [6.45, 7) is 1.66. The van der Waals surface area contributed by atoms with Gasteiger partial charge in [0, 0.05) is 31.3 Å². The van der Waals surface area contributed by atoms with Crippen LogP contribution in [0.2, 0.25) is 0 Å². The van der Waals surface area contributed by atoms with Crippen molar-refractivity contribution >= 4 is 11.4 Å². The Balaban J connectivity index is 1.56. The molecule has 8 heteroatoms. The zero-order valence-electron chi connectivity index (χ0n) is 15.9. The van der Waals surface area contributed by atoms with Gasteiger partial charge in [-0.15, -0.1) is 0 Å². The van der Waals surface area contributed by atoms with Crippen molar-refractivity contribution in [2.75, 3.05) is 0 Å². The minimum absolute atomic E-state index is 0.0241. The minimum atomic E-state index is -0.233. The van der Waals surface area contributed by atoms with Gasteiger partial charge in [-0.1, -0.05) is 5.92 Å². The van der Waals surface area contributed by atoms with Crippen molar-refractivity contribution in [2.45, 2.75) is 44.8 Å². The highest BCUT2D eigenvalue weighted by molar-refractivity contribution is 5.93. The predicted molar refractivity (Wildman–Crippen MR) is 103 cm³/mol. The van der Waals surface area contributed by atoms with E-state index in [0.717, 1.165) is 42.5 Å². The molecule has 1 amide bonds. The standard InChI is InChI=1S/C20H22N6O2/c1-3-5-19(27)23-15-6-4-7-16(10-15)28-20-18-8-9-21-26(18)13-17(24-20)14-11-22-25(2)12-14/h8-9,11-13,15-16H,4,6-7,10H2,1-2H3,(H,23,27)/t15-,16+/m1/s1. The van der Waals surface area contributed by atoms with Crippen LogP contribution in [0.1, 0.15) is 32.6 Å². The Morgan fingerprint density at radius 1 is 1.32 bits per heavy atom. The molecular weight excluding hydrogens is 356 g/mol. The SMILES string of the molecule is CC#CC(=O)N[C@@H]1CCC[C@H](Oc2nc(-c3cnn(C)c3)cn3nccc23)C1. The van der Waals surface area contributed by atoms with Gasteiger partial charge in [0.05, 0.1) is 24.3 Å². The second-order valence-electron chi connectivity index (χ2n) is 6.95.